The molecule has 2 aromatic carbocycles. The Bertz CT molecular complexity index is 1060. The van der Waals surface area contributed by atoms with Gasteiger partial charge in [0.05, 0.1) is 21.6 Å². The van der Waals surface area contributed by atoms with Crippen molar-refractivity contribution in [2.75, 3.05) is 6.54 Å². The number of rotatable bonds is 9. The van der Waals surface area contributed by atoms with Crippen LogP contribution in [0.5, 0.6) is 0 Å². The minimum Gasteiger partial charge on any atom is -0.481 e. The van der Waals surface area contributed by atoms with Crippen LogP contribution in [-0.4, -0.2) is 28.4 Å². The van der Waals surface area contributed by atoms with Crippen molar-refractivity contribution in [2.24, 2.45) is 11.1 Å². The van der Waals surface area contributed by atoms with Crippen LogP contribution in [0.4, 0.5) is 0 Å². The second-order valence-corrected chi connectivity index (χ2v) is 9.31. The third-order valence-corrected chi connectivity index (χ3v) is 7.07. The van der Waals surface area contributed by atoms with Crippen LogP contribution in [0, 0.1) is 5.41 Å². The molecule has 6 heteroatoms. The molecular weight excluding hydrogens is 396 g/mol. The van der Waals surface area contributed by atoms with Crippen LogP contribution in [0.15, 0.2) is 42.5 Å². The zero-order valence-corrected chi connectivity index (χ0v) is 17.7. The van der Waals surface area contributed by atoms with E-state index in [-0.39, 0.29) is 12.2 Å². The molecule has 1 heterocycles. The number of hydrogen-bond donors (Lipinski definition) is 2. The van der Waals surface area contributed by atoms with E-state index < -0.39 is 11.4 Å². The maximum Gasteiger partial charge on any atom is 0.304 e. The number of carbonyl (C=O) groups excluding carboxylic acids is 1. The Labute approximate surface area is 179 Å². The van der Waals surface area contributed by atoms with E-state index in [4.69, 9.17) is 5.73 Å². The van der Waals surface area contributed by atoms with E-state index in [0.717, 1.165) is 39.2 Å². The van der Waals surface area contributed by atoms with Crippen molar-refractivity contribution in [3.05, 3.63) is 64.2 Å². The zero-order valence-electron chi connectivity index (χ0n) is 16.9. The third kappa shape index (κ3) is 4.30. The van der Waals surface area contributed by atoms with Crippen molar-refractivity contribution in [2.45, 2.75) is 44.9 Å². The Morgan fingerprint density at radius 1 is 1.10 bits per heavy atom. The van der Waals surface area contributed by atoms with Crippen LogP contribution >= 0.6 is 11.3 Å². The Morgan fingerprint density at radius 2 is 1.83 bits per heavy atom. The van der Waals surface area contributed by atoms with Crippen molar-refractivity contribution >= 4 is 33.3 Å². The van der Waals surface area contributed by atoms with E-state index in [9.17, 15) is 14.7 Å². The molecule has 0 radical (unpaired) electrons. The Kier molecular flexibility index (Phi) is 5.97. The number of aryl methyl sites for hydroxylation is 2. The van der Waals surface area contributed by atoms with Crippen LogP contribution in [0.3, 0.4) is 0 Å². The number of carboxylic acid groups (broad SMARTS) is 1. The molecule has 5 nitrogen and oxygen atoms in total. The predicted octanol–water partition coefficient (Wildman–Crippen LogP) is 3.95. The summed E-state index contributed by atoms with van der Waals surface area (Å²) in [6.07, 6.45) is 3.69. The fourth-order valence-electron chi connectivity index (χ4n) is 4.48. The standard InChI is InChI=1S/C24H26N2O3S/c25-11-3-4-16-7-8-19-20(12-16)30-22(26-19)10-9-21(27)24(15-23(28)29)13-17-5-1-2-6-18(17)14-24/h1-2,5-8,12H,3-4,9-11,13-15,25H2,(H,28,29). The zero-order chi connectivity index (χ0) is 21.1. The lowest BCUT2D eigenvalue weighted by atomic mass is 9.76. The van der Waals surface area contributed by atoms with Gasteiger partial charge in [-0.3, -0.25) is 9.59 Å². The van der Waals surface area contributed by atoms with Gasteiger partial charge in [-0.2, -0.15) is 0 Å². The molecule has 3 aromatic rings. The van der Waals surface area contributed by atoms with Crippen LogP contribution in [0.2, 0.25) is 0 Å². The number of carbonyl (C=O) groups is 2. The quantitative estimate of drug-likeness (QED) is 0.545. The molecule has 0 spiro atoms. The molecule has 0 saturated carbocycles. The number of Topliss-reactive ketones (excluding diaryl/α,β-unsaturated/α-hetero) is 1. The molecule has 0 bridgehead atoms. The number of nitrogens with two attached hydrogens (primary N) is 1. The Morgan fingerprint density at radius 3 is 2.50 bits per heavy atom. The summed E-state index contributed by atoms with van der Waals surface area (Å²) < 4.78 is 1.13. The second-order valence-electron chi connectivity index (χ2n) is 8.20. The molecule has 0 atom stereocenters. The highest BCUT2D eigenvalue weighted by Gasteiger charge is 2.44. The summed E-state index contributed by atoms with van der Waals surface area (Å²) in [5, 5.41) is 10.4. The van der Waals surface area contributed by atoms with Gasteiger partial charge in [0.1, 0.15) is 5.78 Å². The van der Waals surface area contributed by atoms with Crippen LogP contribution in [0.1, 0.15) is 41.0 Å². The predicted molar refractivity (Wildman–Crippen MR) is 119 cm³/mol. The third-order valence-electron chi connectivity index (χ3n) is 5.99. The molecule has 0 amide bonds. The molecule has 0 fully saturated rings. The molecule has 3 N–H and O–H groups in total. The molecule has 0 unspecified atom stereocenters. The molecule has 1 aliphatic rings. The first kappa shape index (κ1) is 20.7. The summed E-state index contributed by atoms with van der Waals surface area (Å²) in [5.41, 5.74) is 9.16. The van der Waals surface area contributed by atoms with Gasteiger partial charge in [0.25, 0.3) is 0 Å². The van der Waals surface area contributed by atoms with Crippen LogP contribution in [0.25, 0.3) is 10.2 Å². The van der Waals surface area contributed by atoms with Crippen molar-refractivity contribution < 1.29 is 14.7 Å². The van der Waals surface area contributed by atoms with Gasteiger partial charge in [0.2, 0.25) is 0 Å². The van der Waals surface area contributed by atoms with Gasteiger partial charge in [-0.25, -0.2) is 4.98 Å². The summed E-state index contributed by atoms with van der Waals surface area (Å²) in [5.74, 6) is -0.884. The number of ketones is 1. The lowest BCUT2D eigenvalue weighted by Crippen LogP contribution is -2.35. The van der Waals surface area contributed by atoms with Gasteiger partial charge in [-0.05, 0) is 61.1 Å². The van der Waals surface area contributed by atoms with Gasteiger partial charge in [-0.1, -0.05) is 30.3 Å². The van der Waals surface area contributed by atoms with Crippen molar-refractivity contribution in [1.82, 2.24) is 4.98 Å². The molecule has 1 aromatic heterocycles. The van der Waals surface area contributed by atoms with Gasteiger partial charge >= 0.3 is 5.97 Å². The highest BCUT2D eigenvalue weighted by atomic mass is 32.1. The first-order chi connectivity index (χ1) is 14.5. The summed E-state index contributed by atoms with van der Waals surface area (Å²) in [6.45, 7) is 0.677. The fourth-order valence-corrected chi connectivity index (χ4v) is 5.51. The molecular formula is C24H26N2O3S. The topological polar surface area (TPSA) is 93.3 Å². The molecule has 30 heavy (non-hydrogen) atoms. The number of hydrogen-bond acceptors (Lipinski definition) is 5. The number of benzene rings is 2. The monoisotopic (exact) mass is 422 g/mol. The molecule has 156 valence electrons. The van der Waals surface area contributed by atoms with E-state index in [1.165, 1.54) is 5.56 Å². The first-order valence-corrected chi connectivity index (χ1v) is 11.2. The lowest BCUT2D eigenvalue weighted by molar-refractivity contribution is -0.144. The average molecular weight is 423 g/mol. The van der Waals surface area contributed by atoms with Crippen LogP contribution < -0.4 is 5.73 Å². The van der Waals surface area contributed by atoms with E-state index in [2.05, 4.69) is 17.1 Å². The van der Waals surface area contributed by atoms with E-state index in [0.29, 0.717) is 32.2 Å². The lowest BCUT2D eigenvalue weighted by Gasteiger charge is -2.25. The molecule has 0 aliphatic heterocycles. The number of fused-ring (bicyclic) bond motifs is 2. The van der Waals surface area contributed by atoms with Gasteiger partial charge in [-0.15, -0.1) is 11.3 Å². The Hall–Kier alpha value is -2.57. The average Bonchev–Trinajstić information content (AvgIpc) is 3.30. The minimum absolute atomic E-state index is 0.0315. The molecule has 1 aliphatic carbocycles. The second kappa shape index (κ2) is 8.66. The van der Waals surface area contributed by atoms with Crippen molar-refractivity contribution in [1.29, 1.82) is 0 Å². The van der Waals surface area contributed by atoms with Crippen molar-refractivity contribution in [3.8, 4) is 0 Å². The van der Waals surface area contributed by atoms with Gasteiger partial charge in [0.15, 0.2) is 0 Å². The van der Waals surface area contributed by atoms with Gasteiger partial charge < -0.3 is 10.8 Å². The maximum atomic E-state index is 13.2. The summed E-state index contributed by atoms with van der Waals surface area (Å²) in [6, 6.07) is 14.2. The Balaban J connectivity index is 1.48. The smallest absolute Gasteiger partial charge is 0.304 e. The molecule has 4 rings (SSSR count). The normalized spacial score (nSPS) is 14.7. The van der Waals surface area contributed by atoms with Gasteiger partial charge in [0, 0.05) is 18.3 Å². The molecule has 0 saturated heterocycles. The number of thiazole rings is 1. The fraction of sp³-hybridized carbons (Fsp3) is 0.375. The summed E-state index contributed by atoms with van der Waals surface area (Å²) >= 11 is 1.62. The van der Waals surface area contributed by atoms with E-state index in [1.54, 1.807) is 11.3 Å². The summed E-state index contributed by atoms with van der Waals surface area (Å²) in [7, 11) is 0. The SMILES string of the molecule is NCCCc1ccc2nc(CCC(=O)C3(CC(=O)O)Cc4ccccc4C3)sc2c1. The minimum atomic E-state index is -0.916. The first-order valence-electron chi connectivity index (χ1n) is 10.4. The highest BCUT2D eigenvalue weighted by Crippen LogP contribution is 2.41. The van der Waals surface area contributed by atoms with Crippen LogP contribution in [-0.2, 0) is 35.3 Å². The largest absolute Gasteiger partial charge is 0.481 e. The number of aromatic nitrogens is 1. The number of carboxylic acids is 1. The van der Waals surface area contributed by atoms with E-state index >= 15 is 0 Å². The summed E-state index contributed by atoms with van der Waals surface area (Å²) in [4.78, 5) is 29.5. The number of nitrogens with zero attached hydrogens (tertiary/aromatic N) is 1. The maximum absolute atomic E-state index is 13.2. The van der Waals surface area contributed by atoms with Crippen molar-refractivity contribution in [3.63, 3.8) is 0 Å². The highest BCUT2D eigenvalue weighted by molar-refractivity contribution is 7.18. The van der Waals surface area contributed by atoms with E-state index in [1.807, 2.05) is 30.3 Å². The number of aliphatic carboxylic acids is 1.